The highest BCUT2D eigenvalue weighted by atomic mass is 15.0. The molecule has 0 aliphatic heterocycles. The Labute approximate surface area is 348 Å². The van der Waals surface area contributed by atoms with E-state index in [1.807, 2.05) is 42.5 Å². The van der Waals surface area contributed by atoms with Gasteiger partial charge in [-0.1, -0.05) is 194 Å². The molecule has 0 amide bonds. The fraction of sp³-hybridized carbons (Fsp3) is 0. The van der Waals surface area contributed by atoms with Crippen LogP contribution >= 0.6 is 0 Å². The van der Waals surface area contributed by atoms with E-state index in [1.54, 1.807) is 0 Å². The summed E-state index contributed by atoms with van der Waals surface area (Å²) in [6.45, 7) is 0. The van der Waals surface area contributed by atoms with Gasteiger partial charge in [0.25, 0.3) is 0 Å². The van der Waals surface area contributed by atoms with Gasteiger partial charge in [-0.25, -0.2) is 19.9 Å². The molecule has 0 bridgehead atoms. The minimum atomic E-state index is 0.632. The molecule has 0 atom stereocenters. The SMILES string of the molecule is c1ccc(-c2cccc(-c3nc(-c4ccccc4)nc(-c4ccc(-c5ccc(-c6cc(-c7ccccc7)nc7ccc8ccccc8c67)cc5)c5ccccc45)n3)c2)cc1. The van der Waals surface area contributed by atoms with Crippen molar-refractivity contribution in [2.75, 3.05) is 0 Å². The molecule has 0 aliphatic rings. The quantitative estimate of drug-likeness (QED) is 0.152. The Morgan fingerprint density at radius 3 is 1.48 bits per heavy atom. The summed E-state index contributed by atoms with van der Waals surface area (Å²) in [4.78, 5) is 20.5. The molecule has 0 fully saturated rings. The van der Waals surface area contributed by atoms with Crippen molar-refractivity contribution in [3.05, 3.63) is 218 Å². The van der Waals surface area contributed by atoms with Gasteiger partial charge in [0, 0.05) is 27.6 Å². The van der Waals surface area contributed by atoms with Crippen LogP contribution in [0.5, 0.6) is 0 Å². The van der Waals surface area contributed by atoms with Crippen LogP contribution in [0.15, 0.2) is 218 Å². The van der Waals surface area contributed by atoms with Crippen LogP contribution < -0.4 is 0 Å². The number of nitrogens with zero attached hydrogens (tertiary/aromatic N) is 4. The molecule has 0 unspecified atom stereocenters. The third kappa shape index (κ3) is 6.47. The lowest BCUT2D eigenvalue weighted by molar-refractivity contribution is 1.08. The minimum absolute atomic E-state index is 0.632. The van der Waals surface area contributed by atoms with Crippen LogP contribution in [0.1, 0.15) is 0 Å². The Kier molecular flexibility index (Phi) is 8.79. The summed E-state index contributed by atoms with van der Waals surface area (Å²) in [7, 11) is 0. The Morgan fingerprint density at radius 1 is 0.250 bits per heavy atom. The van der Waals surface area contributed by atoms with Crippen molar-refractivity contribution in [2.45, 2.75) is 0 Å². The molecule has 2 aromatic heterocycles. The molecule has 9 aromatic carbocycles. The number of pyridine rings is 1. The predicted octanol–water partition coefficient (Wildman–Crippen LogP) is 14.4. The Morgan fingerprint density at radius 2 is 0.767 bits per heavy atom. The Bertz CT molecular complexity index is 3350. The van der Waals surface area contributed by atoms with Crippen LogP contribution in [0.3, 0.4) is 0 Å². The summed E-state index contributed by atoms with van der Waals surface area (Å²) in [6.07, 6.45) is 0. The van der Waals surface area contributed by atoms with Crippen LogP contribution in [0.25, 0.3) is 111 Å². The molecule has 0 N–H and O–H groups in total. The molecule has 4 nitrogen and oxygen atoms in total. The normalized spacial score (nSPS) is 11.3. The van der Waals surface area contributed by atoms with Gasteiger partial charge in [0.05, 0.1) is 11.2 Å². The average Bonchev–Trinajstić information content (AvgIpc) is 3.34. The van der Waals surface area contributed by atoms with Crippen molar-refractivity contribution in [2.24, 2.45) is 0 Å². The monoisotopic (exact) mass is 764 g/mol. The third-order valence-electron chi connectivity index (χ3n) is 11.3. The average molecular weight is 765 g/mol. The van der Waals surface area contributed by atoms with E-state index < -0.39 is 0 Å². The standard InChI is InChI=1S/C56H36N4/c1-4-15-37(16-5-1)43-22-14-23-44(35-43)55-58-54(42-20-8-3-9-21-42)59-56(60-55)49-33-32-45(47-25-12-13-26-48(47)49)39-27-29-40(30-28-39)50-36-52(41-18-6-2-7-19-41)57-51-34-31-38-17-10-11-24-46(38)53(50)51/h1-36H. The van der Waals surface area contributed by atoms with Gasteiger partial charge < -0.3 is 0 Å². The van der Waals surface area contributed by atoms with E-state index in [-0.39, 0.29) is 0 Å². The summed E-state index contributed by atoms with van der Waals surface area (Å²) in [5, 5.41) is 5.76. The summed E-state index contributed by atoms with van der Waals surface area (Å²) in [5.41, 5.74) is 12.7. The van der Waals surface area contributed by atoms with E-state index in [1.165, 1.54) is 10.8 Å². The first-order chi connectivity index (χ1) is 29.7. The number of aromatic nitrogens is 4. The van der Waals surface area contributed by atoms with Crippen molar-refractivity contribution >= 4 is 32.4 Å². The van der Waals surface area contributed by atoms with Crippen molar-refractivity contribution in [1.82, 2.24) is 19.9 Å². The number of rotatable bonds is 7. The molecule has 2 heterocycles. The maximum Gasteiger partial charge on any atom is 0.164 e. The van der Waals surface area contributed by atoms with Crippen LogP contribution in [-0.4, -0.2) is 19.9 Å². The molecule has 11 rings (SSSR count). The molecule has 0 spiro atoms. The zero-order chi connectivity index (χ0) is 39.8. The maximum absolute atomic E-state index is 5.18. The second-order valence-corrected chi connectivity index (χ2v) is 15.0. The summed E-state index contributed by atoms with van der Waals surface area (Å²) >= 11 is 0. The molecule has 11 aromatic rings. The zero-order valence-electron chi connectivity index (χ0n) is 32.6. The van der Waals surface area contributed by atoms with Gasteiger partial charge in [-0.15, -0.1) is 0 Å². The molecule has 280 valence electrons. The third-order valence-corrected chi connectivity index (χ3v) is 11.3. The summed E-state index contributed by atoms with van der Waals surface area (Å²) in [6, 6.07) is 76.5. The zero-order valence-corrected chi connectivity index (χ0v) is 32.6. The van der Waals surface area contributed by atoms with Crippen molar-refractivity contribution in [3.63, 3.8) is 0 Å². The Balaban J connectivity index is 1.03. The number of fused-ring (bicyclic) bond motifs is 4. The van der Waals surface area contributed by atoms with Gasteiger partial charge >= 0.3 is 0 Å². The maximum atomic E-state index is 5.18. The van der Waals surface area contributed by atoms with E-state index in [0.717, 1.165) is 83.0 Å². The predicted molar refractivity (Wildman–Crippen MR) is 248 cm³/mol. The van der Waals surface area contributed by atoms with Gasteiger partial charge in [0.15, 0.2) is 17.5 Å². The molecular formula is C56H36N4. The fourth-order valence-electron chi connectivity index (χ4n) is 8.38. The second-order valence-electron chi connectivity index (χ2n) is 15.0. The van der Waals surface area contributed by atoms with Crippen LogP contribution in [0.4, 0.5) is 0 Å². The smallest absolute Gasteiger partial charge is 0.164 e. The van der Waals surface area contributed by atoms with Gasteiger partial charge in [-0.2, -0.15) is 0 Å². The first kappa shape index (κ1) is 35.1. The highest BCUT2D eigenvalue weighted by Gasteiger charge is 2.18. The first-order valence-corrected chi connectivity index (χ1v) is 20.2. The number of benzene rings is 9. The van der Waals surface area contributed by atoms with Crippen LogP contribution in [0, 0.1) is 0 Å². The first-order valence-electron chi connectivity index (χ1n) is 20.2. The molecule has 60 heavy (non-hydrogen) atoms. The van der Waals surface area contributed by atoms with E-state index >= 15 is 0 Å². The van der Waals surface area contributed by atoms with E-state index in [4.69, 9.17) is 19.9 Å². The van der Waals surface area contributed by atoms with Crippen molar-refractivity contribution < 1.29 is 0 Å². The van der Waals surface area contributed by atoms with Crippen LogP contribution in [-0.2, 0) is 0 Å². The second kappa shape index (κ2) is 15.0. The van der Waals surface area contributed by atoms with E-state index in [2.05, 4.69) is 176 Å². The lowest BCUT2D eigenvalue weighted by Crippen LogP contribution is -2.01. The fourth-order valence-corrected chi connectivity index (χ4v) is 8.38. The highest BCUT2D eigenvalue weighted by molar-refractivity contribution is 6.14. The van der Waals surface area contributed by atoms with Crippen molar-refractivity contribution in [3.8, 4) is 78.8 Å². The topological polar surface area (TPSA) is 51.6 Å². The lowest BCUT2D eigenvalue weighted by atomic mass is 9.91. The van der Waals surface area contributed by atoms with Gasteiger partial charge in [-0.05, 0) is 79.2 Å². The number of hydrogen-bond acceptors (Lipinski definition) is 4. The molecule has 0 aliphatic carbocycles. The molecule has 0 saturated heterocycles. The summed E-state index contributed by atoms with van der Waals surface area (Å²) in [5.74, 6) is 1.90. The lowest BCUT2D eigenvalue weighted by Gasteiger charge is -2.15. The number of hydrogen-bond donors (Lipinski definition) is 0. The largest absolute Gasteiger partial charge is 0.248 e. The minimum Gasteiger partial charge on any atom is -0.248 e. The van der Waals surface area contributed by atoms with E-state index in [0.29, 0.717) is 17.5 Å². The molecular weight excluding hydrogens is 729 g/mol. The van der Waals surface area contributed by atoms with Gasteiger partial charge in [-0.3, -0.25) is 0 Å². The molecule has 0 saturated carbocycles. The van der Waals surface area contributed by atoms with Crippen LogP contribution in [0.2, 0.25) is 0 Å². The van der Waals surface area contributed by atoms with E-state index in [9.17, 15) is 0 Å². The van der Waals surface area contributed by atoms with Gasteiger partial charge in [0.2, 0.25) is 0 Å². The Hall–Kier alpha value is -8.08. The highest BCUT2D eigenvalue weighted by Crippen LogP contribution is 2.40. The molecule has 4 heteroatoms. The summed E-state index contributed by atoms with van der Waals surface area (Å²) < 4.78 is 0. The molecule has 0 radical (unpaired) electrons. The van der Waals surface area contributed by atoms with Crippen molar-refractivity contribution in [1.29, 1.82) is 0 Å². The van der Waals surface area contributed by atoms with Gasteiger partial charge in [0.1, 0.15) is 0 Å².